The Hall–Kier alpha value is -1.36. The lowest BCUT2D eigenvalue weighted by atomic mass is 10.1. The predicted molar refractivity (Wildman–Crippen MR) is 68.3 cm³/mol. The van der Waals surface area contributed by atoms with Crippen molar-refractivity contribution in [2.45, 2.75) is 26.2 Å². The SMILES string of the molecule is CC(C)c1nc2ccc(Br)cn2c1CC(=O)O. The number of aromatic nitrogens is 2. The number of carboxylic acid groups (broad SMARTS) is 1. The van der Waals surface area contributed by atoms with Crippen LogP contribution in [0.2, 0.25) is 0 Å². The van der Waals surface area contributed by atoms with Crippen LogP contribution < -0.4 is 0 Å². The molecule has 1 N–H and O–H groups in total. The first kappa shape index (κ1) is 12.1. The monoisotopic (exact) mass is 296 g/mol. The van der Waals surface area contributed by atoms with Crippen LogP contribution >= 0.6 is 15.9 Å². The standard InChI is InChI=1S/C12H13BrN2O2/c1-7(2)12-9(5-11(16)17)15-6-8(13)3-4-10(15)14-12/h3-4,6-7H,5H2,1-2H3,(H,16,17). The van der Waals surface area contributed by atoms with Crippen molar-refractivity contribution in [2.24, 2.45) is 0 Å². The molecule has 2 heterocycles. The van der Waals surface area contributed by atoms with E-state index in [2.05, 4.69) is 20.9 Å². The highest BCUT2D eigenvalue weighted by Crippen LogP contribution is 2.23. The van der Waals surface area contributed by atoms with Gasteiger partial charge in [0.2, 0.25) is 0 Å². The molecule has 0 atom stereocenters. The number of halogens is 1. The van der Waals surface area contributed by atoms with E-state index in [-0.39, 0.29) is 12.3 Å². The Morgan fingerprint density at radius 3 is 2.82 bits per heavy atom. The van der Waals surface area contributed by atoms with Gasteiger partial charge in [0.25, 0.3) is 0 Å². The summed E-state index contributed by atoms with van der Waals surface area (Å²) in [6.45, 7) is 4.03. The topological polar surface area (TPSA) is 54.6 Å². The molecule has 0 bridgehead atoms. The van der Waals surface area contributed by atoms with Crippen LogP contribution in [-0.2, 0) is 11.2 Å². The molecule has 0 saturated carbocycles. The first-order valence-electron chi connectivity index (χ1n) is 5.37. The summed E-state index contributed by atoms with van der Waals surface area (Å²) < 4.78 is 2.75. The quantitative estimate of drug-likeness (QED) is 0.947. The van der Waals surface area contributed by atoms with Crippen molar-refractivity contribution >= 4 is 27.5 Å². The maximum absolute atomic E-state index is 10.9. The highest BCUT2D eigenvalue weighted by molar-refractivity contribution is 9.10. The molecule has 0 spiro atoms. The highest BCUT2D eigenvalue weighted by Gasteiger charge is 2.17. The van der Waals surface area contributed by atoms with Gasteiger partial charge in [0, 0.05) is 10.7 Å². The van der Waals surface area contributed by atoms with Crippen LogP contribution in [0.25, 0.3) is 5.65 Å². The van der Waals surface area contributed by atoms with E-state index < -0.39 is 5.97 Å². The molecule has 0 aliphatic carbocycles. The van der Waals surface area contributed by atoms with Crippen LogP contribution in [0.15, 0.2) is 22.8 Å². The second-order valence-electron chi connectivity index (χ2n) is 4.24. The molecule has 4 nitrogen and oxygen atoms in total. The second kappa shape index (κ2) is 4.49. The maximum Gasteiger partial charge on any atom is 0.309 e. The molecule has 17 heavy (non-hydrogen) atoms. The summed E-state index contributed by atoms with van der Waals surface area (Å²) in [7, 11) is 0. The molecule has 0 radical (unpaired) electrons. The molecule has 2 aromatic rings. The summed E-state index contributed by atoms with van der Waals surface area (Å²) in [5.41, 5.74) is 2.39. The minimum Gasteiger partial charge on any atom is -0.481 e. The highest BCUT2D eigenvalue weighted by atomic mass is 79.9. The lowest BCUT2D eigenvalue weighted by Crippen LogP contribution is -2.06. The fourth-order valence-electron chi connectivity index (χ4n) is 1.87. The van der Waals surface area contributed by atoms with Gasteiger partial charge in [0.15, 0.2) is 0 Å². The zero-order chi connectivity index (χ0) is 12.6. The first-order chi connectivity index (χ1) is 7.99. The lowest BCUT2D eigenvalue weighted by Gasteiger charge is -2.05. The number of aliphatic carboxylic acids is 1. The lowest BCUT2D eigenvalue weighted by molar-refractivity contribution is -0.136. The van der Waals surface area contributed by atoms with Crippen LogP contribution in [-0.4, -0.2) is 20.5 Å². The Balaban J connectivity index is 2.68. The fraction of sp³-hybridized carbons (Fsp3) is 0.333. The van der Waals surface area contributed by atoms with Gasteiger partial charge in [-0.1, -0.05) is 13.8 Å². The first-order valence-corrected chi connectivity index (χ1v) is 6.16. The van der Waals surface area contributed by atoms with Gasteiger partial charge in [-0.2, -0.15) is 0 Å². The molecule has 2 aromatic heterocycles. The van der Waals surface area contributed by atoms with Gasteiger partial charge in [-0.15, -0.1) is 0 Å². The molecule has 5 heteroatoms. The van der Waals surface area contributed by atoms with E-state index in [4.69, 9.17) is 5.11 Å². The van der Waals surface area contributed by atoms with Gasteiger partial charge in [-0.25, -0.2) is 4.98 Å². The molecule has 0 saturated heterocycles. The van der Waals surface area contributed by atoms with E-state index >= 15 is 0 Å². The summed E-state index contributed by atoms with van der Waals surface area (Å²) in [5, 5.41) is 8.97. The molecular formula is C12H13BrN2O2. The van der Waals surface area contributed by atoms with Gasteiger partial charge in [-0.3, -0.25) is 4.79 Å². The van der Waals surface area contributed by atoms with E-state index in [1.807, 2.05) is 36.6 Å². The van der Waals surface area contributed by atoms with Crippen molar-refractivity contribution in [3.8, 4) is 0 Å². The number of rotatable bonds is 3. The van der Waals surface area contributed by atoms with Gasteiger partial charge < -0.3 is 9.51 Å². The number of carbonyl (C=O) groups is 1. The molecule has 0 aliphatic rings. The third-order valence-corrected chi connectivity index (χ3v) is 3.05. The Morgan fingerprint density at radius 2 is 2.24 bits per heavy atom. The second-order valence-corrected chi connectivity index (χ2v) is 5.16. The number of hydrogen-bond donors (Lipinski definition) is 1. The Morgan fingerprint density at radius 1 is 1.53 bits per heavy atom. The number of hydrogen-bond acceptors (Lipinski definition) is 2. The molecule has 90 valence electrons. The summed E-state index contributed by atoms with van der Waals surface area (Å²) in [4.78, 5) is 15.4. The molecule has 2 rings (SSSR count). The van der Waals surface area contributed by atoms with Crippen LogP contribution in [0.5, 0.6) is 0 Å². The minimum atomic E-state index is -0.839. The van der Waals surface area contributed by atoms with Crippen LogP contribution in [0.3, 0.4) is 0 Å². The van der Waals surface area contributed by atoms with Crippen molar-refractivity contribution in [2.75, 3.05) is 0 Å². The number of imidazole rings is 1. The van der Waals surface area contributed by atoms with E-state index in [9.17, 15) is 4.79 Å². The number of carboxylic acids is 1. The van der Waals surface area contributed by atoms with E-state index in [1.54, 1.807) is 0 Å². The number of fused-ring (bicyclic) bond motifs is 1. The number of nitrogens with zero attached hydrogens (tertiary/aromatic N) is 2. The van der Waals surface area contributed by atoms with Crippen molar-refractivity contribution in [1.29, 1.82) is 0 Å². The zero-order valence-electron chi connectivity index (χ0n) is 9.64. The van der Waals surface area contributed by atoms with Crippen LogP contribution in [0.1, 0.15) is 31.2 Å². The molecule has 0 fully saturated rings. The van der Waals surface area contributed by atoms with Crippen molar-refractivity contribution < 1.29 is 9.90 Å². The van der Waals surface area contributed by atoms with Crippen LogP contribution in [0, 0.1) is 0 Å². The third-order valence-electron chi connectivity index (χ3n) is 2.58. The molecule has 0 aliphatic heterocycles. The van der Waals surface area contributed by atoms with Crippen molar-refractivity contribution in [1.82, 2.24) is 9.38 Å². The molecule has 0 unspecified atom stereocenters. The zero-order valence-corrected chi connectivity index (χ0v) is 11.2. The van der Waals surface area contributed by atoms with Crippen molar-refractivity contribution in [3.63, 3.8) is 0 Å². The van der Waals surface area contributed by atoms with Gasteiger partial charge in [0.05, 0.1) is 17.8 Å². The predicted octanol–water partition coefficient (Wildman–Crippen LogP) is 2.85. The summed E-state index contributed by atoms with van der Waals surface area (Å²) in [6, 6.07) is 3.78. The summed E-state index contributed by atoms with van der Waals surface area (Å²) in [6.07, 6.45) is 1.84. The molecular weight excluding hydrogens is 284 g/mol. The smallest absolute Gasteiger partial charge is 0.309 e. The number of pyridine rings is 1. The van der Waals surface area contributed by atoms with Crippen molar-refractivity contribution in [3.05, 3.63) is 34.2 Å². The third kappa shape index (κ3) is 2.34. The van der Waals surface area contributed by atoms with E-state index in [0.29, 0.717) is 0 Å². The van der Waals surface area contributed by atoms with E-state index in [0.717, 1.165) is 21.5 Å². The van der Waals surface area contributed by atoms with Crippen LogP contribution in [0.4, 0.5) is 0 Å². The van der Waals surface area contributed by atoms with Gasteiger partial charge >= 0.3 is 5.97 Å². The largest absolute Gasteiger partial charge is 0.481 e. The minimum absolute atomic E-state index is 0.00880. The molecule has 0 amide bonds. The average molecular weight is 297 g/mol. The maximum atomic E-state index is 10.9. The summed E-state index contributed by atoms with van der Waals surface area (Å²) >= 11 is 3.38. The Kier molecular flexibility index (Phi) is 3.19. The average Bonchev–Trinajstić information content (AvgIpc) is 2.56. The Bertz CT molecular complexity index is 575. The summed E-state index contributed by atoms with van der Waals surface area (Å²) in [5.74, 6) is -0.628. The molecule has 0 aromatic carbocycles. The fourth-order valence-corrected chi connectivity index (χ4v) is 2.20. The van der Waals surface area contributed by atoms with Gasteiger partial charge in [0.1, 0.15) is 5.65 Å². The Labute approximate surface area is 107 Å². The van der Waals surface area contributed by atoms with Gasteiger partial charge in [-0.05, 0) is 34.0 Å². The normalized spacial score (nSPS) is 11.3. The van der Waals surface area contributed by atoms with E-state index in [1.165, 1.54) is 0 Å².